The van der Waals surface area contributed by atoms with Gasteiger partial charge in [0.2, 0.25) is 0 Å². The quantitative estimate of drug-likeness (QED) is 0.0851. The summed E-state index contributed by atoms with van der Waals surface area (Å²) in [6.07, 6.45) is 14.6. The minimum atomic E-state index is -0.680. The SMILES string of the molecule is CNCc1cc(O)cc(C2CC3(C)C(C(NCC(C)O)CC45CCCC6C(=O)C(C(CC(O)C7OC7(C)C7CCCC7c7cccc(N)c7)C7CCCCC7)=C(CCC34)C65C)C(C)(C)C2=O)c1. The van der Waals surface area contributed by atoms with E-state index in [4.69, 9.17) is 10.5 Å². The summed E-state index contributed by atoms with van der Waals surface area (Å²) >= 11 is 0. The second-order valence-electron chi connectivity index (χ2n) is 24.9. The molecule has 0 amide bonds. The minimum absolute atomic E-state index is 0.000150. The van der Waals surface area contributed by atoms with Crippen LogP contribution >= 0.6 is 0 Å². The predicted octanol–water partition coefficient (Wildman–Crippen LogP) is 9.91. The summed E-state index contributed by atoms with van der Waals surface area (Å²) < 4.78 is 6.73. The van der Waals surface area contributed by atoms with Crippen molar-refractivity contribution in [3.05, 3.63) is 70.3 Å². The van der Waals surface area contributed by atoms with Gasteiger partial charge in [-0.1, -0.05) is 83.6 Å². The fourth-order valence-electron chi connectivity index (χ4n) is 18.6. The molecule has 1 saturated heterocycles. The number of ether oxygens (including phenoxy) is 1. The van der Waals surface area contributed by atoms with Gasteiger partial charge in [-0.15, -0.1) is 0 Å². The number of aromatic hydroxyl groups is 1. The summed E-state index contributed by atoms with van der Waals surface area (Å²) in [4.78, 5) is 31.0. The van der Waals surface area contributed by atoms with Gasteiger partial charge in [-0.25, -0.2) is 0 Å². The number of nitrogens with one attached hydrogen (secondary N) is 2. The van der Waals surface area contributed by atoms with Crippen molar-refractivity contribution in [2.45, 2.75) is 193 Å². The van der Waals surface area contributed by atoms with E-state index in [9.17, 15) is 15.3 Å². The van der Waals surface area contributed by atoms with Gasteiger partial charge in [0.1, 0.15) is 17.6 Å². The summed E-state index contributed by atoms with van der Waals surface area (Å²) in [7, 11) is 1.90. The first-order chi connectivity index (χ1) is 31.9. The van der Waals surface area contributed by atoms with Crippen molar-refractivity contribution in [1.29, 1.82) is 0 Å². The molecule has 6 saturated carbocycles. The molecule has 1 aliphatic heterocycles. The Hall–Kier alpha value is -3.08. The summed E-state index contributed by atoms with van der Waals surface area (Å²) in [5, 5.41) is 41.6. The van der Waals surface area contributed by atoms with E-state index < -0.39 is 23.2 Å². The number of epoxide rings is 1. The number of hydrogen-bond acceptors (Lipinski definition) is 9. The third-order valence-corrected chi connectivity index (χ3v) is 21.0. The molecule has 7 fully saturated rings. The third-order valence-electron chi connectivity index (χ3n) is 21.0. The molecule has 10 rings (SSSR count). The van der Waals surface area contributed by atoms with Crippen LogP contribution < -0.4 is 16.4 Å². The number of phenols is 1. The van der Waals surface area contributed by atoms with Crippen LogP contribution in [0.4, 0.5) is 5.69 Å². The molecule has 7 N–H and O–H groups in total. The normalized spacial score (nSPS) is 40.5. The Labute approximate surface area is 401 Å². The first kappa shape index (κ1) is 47.6. The van der Waals surface area contributed by atoms with Crippen molar-refractivity contribution in [1.82, 2.24) is 10.6 Å². The van der Waals surface area contributed by atoms with Crippen molar-refractivity contribution in [3.8, 4) is 5.75 Å². The maximum absolute atomic E-state index is 15.8. The standard InChI is InChI=1S/C58H83N3O6/c1-33(62)31-61-46-30-58-23-13-20-45-50(65)49(41(35-14-9-8-10-15-35)28-47(64)53-57(6,67-53)43-19-12-18-40(43)36-16-11-17-38(59)26-36)44(56(45,58)5)21-22-48(58)55(4)29-42(52(66)54(2,3)51(46)55)37-24-34(32-60-7)25-39(63)27-37/h11,16-17,24-27,33,35,40-43,45-48,51,53,60-64H,8-10,12-15,18-23,28-32,59H2,1-7H3. The highest BCUT2D eigenvalue weighted by molar-refractivity contribution is 6.03. The molecule has 67 heavy (non-hydrogen) atoms. The molecule has 366 valence electrons. The van der Waals surface area contributed by atoms with Gasteiger partial charge in [0, 0.05) is 47.5 Å². The fraction of sp³-hybridized carbons (Fsp3) is 0.724. The van der Waals surface area contributed by atoms with Crippen molar-refractivity contribution >= 4 is 17.3 Å². The van der Waals surface area contributed by atoms with Crippen LogP contribution in [0.25, 0.3) is 0 Å². The highest BCUT2D eigenvalue weighted by Gasteiger charge is 2.75. The highest BCUT2D eigenvalue weighted by atomic mass is 16.6. The van der Waals surface area contributed by atoms with Gasteiger partial charge in [0.25, 0.3) is 0 Å². The minimum Gasteiger partial charge on any atom is -0.508 e. The number of ketones is 2. The number of allylic oxidation sites excluding steroid dienone is 2. The van der Waals surface area contributed by atoms with E-state index in [0.29, 0.717) is 49.5 Å². The number of aliphatic hydroxyl groups is 2. The van der Waals surface area contributed by atoms with Crippen LogP contribution in [0.1, 0.15) is 173 Å². The monoisotopic (exact) mass is 918 g/mol. The average Bonchev–Trinajstić information content (AvgIpc) is 3.62. The van der Waals surface area contributed by atoms with Crippen molar-refractivity contribution in [3.63, 3.8) is 0 Å². The molecular formula is C58H83N3O6. The number of carbonyl (C=O) groups is 2. The van der Waals surface area contributed by atoms with Crippen LogP contribution in [0.15, 0.2) is 53.6 Å². The number of carbonyl (C=O) groups excluding carboxylic acids is 2. The molecule has 9 nitrogen and oxygen atoms in total. The Morgan fingerprint density at radius 2 is 1.66 bits per heavy atom. The summed E-state index contributed by atoms with van der Waals surface area (Å²) in [6, 6.07) is 14.1. The summed E-state index contributed by atoms with van der Waals surface area (Å²) in [5.41, 5.74) is 10.8. The number of benzene rings is 2. The molecule has 1 heterocycles. The topological polar surface area (TPSA) is 157 Å². The molecular weight excluding hydrogens is 835 g/mol. The zero-order valence-corrected chi connectivity index (χ0v) is 41.8. The largest absolute Gasteiger partial charge is 0.508 e. The van der Waals surface area contributed by atoms with E-state index in [2.05, 4.69) is 69.5 Å². The number of rotatable bonds is 13. The molecule has 0 bridgehead atoms. The molecule has 2 aromatic rings. The van der Waals surface area contributed by atoms with E-state index in [1.165, 1.54) is 30.4 Å². The van der Waals surface area contributed by atoms with E-state index in [1.807, 2.05) is 26.1 Å². The molecule has 8 aliphatic rings. The van der Waals surface area contributed by atoms with Gasteiger partial charge in [0.15, 0.2) is 5.78 Å². The van der Waals surface area contributed by atoms with Crippen LogP contribution in [-0.2, 0) is 20.9 Å². The number of hydrogen-bond donors (Lipinski definition) is 6. The molecule has 0 radical (unpaired) electrons. The molecule has 2 aromatic carbocycles. The second-order valence-corrected chi connectivity index (χ2v) is 24.9. The molecule has 15 unspecified atom stereocenters. The Balaban J connectivity index is 1.03. The first-order valence-corrected chi connectivity index (χ1v) is 26.8. The molecule has 1 spiro atoms. The van der Waals surface area contributed by atoms with E-state index in [1.54, 1.807) is 6.07 Å². The molecule has 0 aromatic heterocycles. The van der Waals surface area contributed by atoms with Crippen LogP contribution in [-0.4, -0.2) is 70.4 Å². The van der Waals surface area contributed by atoms with E-state index in [0.717, 1.165) is 93.0 Å². The van der Waals surface area contributed by atoms with Gasteiger partial charge in [-0.3, -0.25) is 9.59 Å². The van der Waals surface area contributed by atoms with Gasteiger partial charge >= 0.3 is 0 Å². The maximum Gasteiger partial charge on any atom is 0.163 e. The lowest BCUT2D eigenvalue weighted by atomic mass is 9.31. The van der Waals surface area contributed by atoms with Gasteiger partial charge in [-0.05, 0) is 184 Å². The number of anilines is 1. The number of nitrogens with two attached hydrogens (primary N) is 1. The Kier molecular flexibility index (Phi) is 12.3. The lowest BCUT2D eigenvalue weighted by molar-refractivity contribution is -0.215. The average molecular weight is 918 g/mol. The second kappa shape index (κ2) is 17.3. The Morgan fingerprint density at radius 3 is 2.39 bits per heavy atom. The lowest BCUT2D eigenvalue weighted by Crippen LogP contribution is -2.71. The summed E-state index contributed by atoms with van der Waals surface area (Å²) in [5.74, 6) is 1.65. The Morgan fingerprint density at radius 1 is 0.881 bits per heavy atom. The number of aliphatic hydroxyl groups excluding tert-OH is 2. The van der Waals surface area contributed by atoms with E-state index >= 15 is 9.59 Å². The van der Waals surface area contributed by atoms with Crippen molar-refractivity contribution in [2.75, 3.05) is 19.3 Å². The zero-order valence-electron chi connectivity index (χ0n) is 41.8. The molecule has 15 atom stereocenters. The van der Waals surface area contributed by atoms with Crippen molar-refractivity contribution in [2.24, 2.45) is 57.2 Å². The number of nitrogen functional groups attached to an aromatic ring is 1. The fourth-order valence-corrected chi connectivity index (χ4v) is 18.6. The zero-order chi connectivity index (χ0) is 47.4. The Bertz CT molecular complexity index is 2270. The van der Waals surface area contributed by atoms with Crippen molar-refractivity contribution < 1.29 is 29.6 Å². The maximum atomic E-state index is 15.8. The number of Topliss-reactive ketones (excluding diaryl/α,β-unsaturated/α-hetero) is 2. The van der Waals surface area contributed by atoms with Crippen LogP contribution in [0.3, 0.4) is 0 Å². The van der Waals surface area contributed by atoms with Gasteiger partial charge in [-0.2, -0.15) is 0 Å². The van der Waals surface area contributed by atoms with Crippen LogP contribution in [0.2, 0.25) is 0 Å². The molecule has 9 heteroatoms. The number of fused-ring (bicyclic) bond motifs is 2. The first-order valence-electron chi connectivity index (χ1n) is 26.8. The lowest BCUT2D eigenvalue weighted by Gasteiger charge is -2.73. The highest BCUT2D eigenvalue weighted by Crippen LogP contribution is 2.79. The smallest absolute Gasteiger partial charge is 0.163 e. The molecule has 7 aliphatic carbocycles. The summed E-state index contributed by atoms with van der Waals surface area (Å²) in [6.45, 7) is 14.5. The van der Waals surface area contributed by atoms with Crippen LogP contribution in [0, 0.1) is 57.2 Å². The van der Waals surface area contributed by atoms with E-state index in [-0.39, 0.29) is 69.5 Å². The van der Waals surface area contributed by atoms with Crippen LogP contribution in [0.5, 0.6) is 5.75 Å². The number of phenolic OH excluding ortho intramolecular Hbond substituents is 1. The van der Waals surface area contributed by atoms with Gasteiger partial charge in [0.05, 0.1) is 17.8 Å². The third kappa shape index (κ3) is 7.46. The predicted molar refractivity (Wildman–Crippen MR) is 264 cm³/mol. The van der Waals surface area contributed by atoms with Gasteiger partial charge < -0.3 is 36.4 Å².